The Morgan fingerprint density at radius 1 is 1.28 bits per heavy atom. The number of carbonyl (C=O) groups excluding carboxylic acids is 1. The Morgan fingerprint density at radius 2 is 2.00 bits per heavy atom. The Kier molecular flexibility index (Phi) is 5.73. The van der Waals surface area contributed by atoms with Gasteiger partial charge < -0.3 is 9.73 Å². The molecule has 1 saturated carbocycles. The van der Waals surface area contributed by atoms with E-state index in [4.69, 9.17) is 4.42 Å². The lowest BCUT2D eigenvalue weighted by atomic mass is 9.86. The van der Waals surface area contributed by atoms with E-state index in [1.54, 1.807) is 12.1 Å². The number of hydrogen-bond acceptors (Lipinski definition) is 5. The standard InChI is InChI=1S/C18H22FN3O2S/c1-11-5-3-4-6-15(11)20-16(23)12(2)25-18-22-21-17(24-18)13-7-9-14(19)10-8-13/h7-12,15H,3-6H2,1-2H3,(H,20,23)/t11-,12-,15-/m1/s1. The van der Waals surface area contributed by atoms with Crippen molar-refractivity contribution in [1.82, 2.24) is 15.5 Å². The fourth-order valence-corrected chi connectivity index (χ4v) is 3.69. The Hall–Kier alpha value is -1.89. The molecule has 1 N–H and O–H groups in total. The maximum absolute atomic E-state index is 13.0. The lowest BCUT2D eigenvalue weighted by molar-refractivity contribution is -0.121. The number of benzene rings is 1. The van der Waals surface area contributed by atoms with Crippen LogP contribution in [0.3, 0.4) is 0 Å². The number of aromatic nitrogens is 2. The molecule has 1 aromatic carbocycles. The first-order valence-electron chi connectivity index (χ1n) is 8.59. The molecule has 7 heteroatoms. The summed E-state index contributed by atoms with van der Waals surface area (Å²) in [6, 6.07) is 6.10. The number of halogens is 1. The molecule has 0 saturated heterocycles. The minimum atomic E-state index is -0.323. The molecule has 0 bridgehead atoms. The zero-order valence-electron chi connectivity index (χ0n) is 14.4. The molecule has 0 radical (unpaired) electrons. The van der Waals surface area contributed by atoms with Crippen molar-refractivity contribution in [2.75, 3.05) is 0 Å². The topological polar surface area (TPSA) is 68.0 Å². The average Bonchev–Trinajstić information content (AvgIpc) is 3.06. The van der Waals surface area contributed by atoms with Crippen LogP contribution in [0.2, 0.25) is 0 Å². The quantitative estimate of drug-likeness (QED) is 0.812. The summed E-state index contributed by atoms with van der Waals surface area (Å²) in [5, 5.41) is 11.1. The highest BCUT2D eigenvalue weighted by molar-refractivity contribution is 8.00. The third kappa shape index (κ3) is 4.60. The highest BCUT2D eigenvalue weighted by Crippen LogP contribution is 2.28. The van der Waals surface area contributed by atoms with Gasteiger partial charge in [-0.15, -0.1) is 10.2 Å². The summed E-state index contributed by atoms with van der Waals surface area (Å²) in [5.41, 5.74) is 0.647. The maximum Gasteiger partial charge on any atom is 0.277 e. The molecule has 3 atom stereocenters. The van der Waals surface area contributed by atoms with E-state index in [1.807, 2.05) is 6.92 Å². The van der Waals surface area contributed by atoms with E-state index >= 15 is 0 Å². The molecular weight excluding hydrogens is 341 g/mol. The van der Waals surface area contributed by atoms with Gasteiger partial charge in [-0.2, -0.15) is 0 Å². The molecule has 0 aliphatic heterocycles. The van der Waals surface area contributed by atoms with Gasteiger partial charge in [0.25, 0.3) is 5.22 Å². The van der Waals surface area contributed by atoms with Gasteiger partial charge in [0.1, 0.15) is 5.82 Å². The third-order valence-electron chi connectivity index (χ3n) is 4.58. The fraction of sp³-hybridized carbons (Fsp3) is 0.500. The van der Waals surface area contributed by atoms with Crippen LogP contribution in [-0.4, -0.2) is 27.4 Å². The highest BCUT2D eigenvalue weighted by atomic mass is 32.2. The van der Waals surface area contributed by atoms with E-state index in [1.165, 1.54) is 36.7 Å². The summed E-state index contributed by atoms with van der Waals surface area (Å²) in [6.45, 7) is 4.02. The van der Waals surface area contributed by atoms with Crippen LogP contribution in [0.4, 0.5) is 4.39 Å². The van der Waals surface area contributed by atoms with Crippen LogP contribution in [-0.2, 0) is 4.79 Å². The number of nitrogens with zero attached hydrogens (tertiary/aromatic N) is 2. The number of rotatable bonds is 5. The molecule has 1 aliphatic rings. The molecule has 0 spiro atoms. The van der Waals surface area contributed by atoms with Crippen LogP contribution in [0.15, 0.2) is 33.9 Å². The van der Waals surface area contributed by atoms with Crippen molar-refractivity contribution >= 4 is 17.7 Å². The molecular formula is C18H22FN3O2S. The Balaban J connectivity index is 1.58. The van der Waals surface area contributed by atoms with Crippen molar-refractivity contribution in [3.63, 3.8) is 0 Å². The summed E-state index contributed by atoms with van der Waals surface area (Å²) in [6.07, 6.45) is 4.62. The highest BCUT2D eigenvalue weighted by Gasteiger charge is 2.26. The maximum atomic E-state index is 13.0. The second-order valence-corrected chi connectivity index (χ2v) is 7.81. The summed E-state index contributed by atoms with van der Waals surface area (Å²) in [7, 11) is 0. The monoisotopic (exact) mass is 363 g/mol. The Bertz CT molecular complexity index is 719. The minimum Gasteiger partial charge on any atom is -0.411 e. The SMILES string of the molecule is C[C@@H]1CCCC[C@H]1NC(=O)[C@@H](C)Sc1nnc(-c2ccc(F)cc2)o1. The number of nitrogens with one attached hydrogen (secondary N) is 1. The van der Waals surface area contributed by atoms with Crippen molar-refractivity contribution in [1.29, 1.82) is 0 Å². The molecule has 1 fully saturated rings. The van der Waals surface area contributed by atoms with Crippen LogP contribution >= 0.6 is 11.8 Å². The molecule has 0 unspecified atom stereocenters. The molecule has 2 aromatic rings. The number of hydrogen-bond donors (Lipinski definition) is 1. The largest absolute Gasteiger partial charge is 0.411 e. The molecule has 1 amide bonds. The van der Waals surface area contributed by atoms with Crippen LogP contribution < -0.4 is 5.32 Å². The van der Waals surface area contributed by atoms with Gasteiger partial charge in [-0.25, -0.2) is 4.39 Å². The molecule has 1 aliphatic carbocycles. The van der Waals surface area contributed by atoms with Gasteiger partial charge in [-0.05, 0) is 49.9 Å². The summed E-state index contributed by atoms with van der Waals surface area (Å²) >= 11 is 1.23. The van der Waals surface area contributed by atoms with Crippen LogP contribution in [0.1, 0.15) is 39.5 Å². The van der Waals surface area contributed by atoms with Crippen molar-refractivity contribution in [2.24, 2.45) is 5.92 Å². The molecule has 1 heterocycles. The van der Waals surface area contributed by atoms with Crippen molar-refractivity contribution in [3.8, 4) is 11.5 Å². The molecule has 5 nitrogen and oxygen atoms in total. The van der Waals surface area contributed by atoms with Crippen LogP contribution in [0.5, 0.6) is 0 Å². The normalized spacial score (nSPS) is 21.7. The smallest absolute Gasteiger partial charge is 0.277 e. The first-order valence-corrected chi connectivity index (χ1v) is 9.47. The third-order valence-corrected chi connectivity index (χ3v) is 5.52. The first-order chi connectivity index (χ1) is 12.0. The summed E-state index contributed by atoms with van der Waals surface area (Å²) in [4.78, 5) is 12.4. The van der Waals surface area contributed by atoms with E-state index in [0.717, 1.165) is 12.8 Å². The molecule has 3 rings (SSSR count). The van der Waals surface area contributed by atoms with Gasteiger partial charge in [-0.1, -0.05) is 31.5 Å². The zero-order chi connectivity index (χ0) is 17.8. The van der Waals surface area contributed by atoms with Gasteiger partial charge in [0.2, 0.25) is 11.8 Å². The lowest BCUT2D eigenvalue weighted by Gasteiger charge is -2.30. The molecule has 25 heavy (non-hydrogen) atoms. The predicted octanol–water partition coefficient (Wildman–Crippen LogP) is 4.05. The first kappa shape index (κ1) is 17.9. The van der Waals surface area contributed by atoms with Crippen molar-refractivity contribution < 1.29 is 13.6 Å². The lowest BCUT2D eigenvalue weighted by Crippen LogP contribution is -2.44. The van der Waals surface area contributed by atoms with Gasteiger partial charge in [0, 0.05) is 11.6 Å². The van der Waals surface area contributed by atoms with Gasteiger partial charge in [0.15, 0.2) is 0 Å². The van der Waals surface area contributed by atoms with E-state index < -0.39 is 0 Å². The van der Waals surface area contributed by atoms with Crippen molar-refractivity contribution in [2.45, 2.75) is 56.0 Å². The van der Waals surface area contributed by atoms with Crippen LogP contribution in [0, 0.1) is 11.7 Å². The van der Waals surface area contributed by atoms with Crippen molar-refractivity contribution in [3.05, 3.63) is 30.1 Å². The molecule has 1 aromatic heterocycles. The number of amides is 1. The van der Waals surface area contributed by atoms with Gasteiger partial charge in [0.05, 0.1) is 5.25 Å². The summed E-state index contributed by atoms with van der Waals surface area (Å²) < 4.78 is 18.6. The molecule has 134 valence electrons. The number of carbonyl (C=O) groups is 1. The summed E-state index contributed by atoms with van der Waals surface area (Å²) in [5.74, 6) is 0.504. The average molecular weight is 363 g/mol. The second-order valence-electron chi connectivity index (χ2n) is 6.52. The zero-order valence-corrected chi connectivity index (χ0v) is 15.2. The van der Waals surface area contributed by atoms with E-state index in [0.29, 0.717) is 22.6 Å². The van der Waals surface area contributed by atoms with Gasteiger partial charge in [-0.3, -0.25) is 4.79 Å². The second kappa shape index (κ2) is 7.99. The van der Waals surface area contributed by atoms with E-state index in [2.05, 4.69) is 22.4 Å². The predicted molar refractivity (Wildman–Crippen MR) is 94.6 cm³/mol. The number of thioether (sulfide) groups is 1. The fourth-order valence-electron chi connectivity index (χ4n) is 3.00. The van der Waals surface area contributed by atoms with Crippen LogP contribution in [0.25, 0.3) is 11.5 Å². The Labute approximate surface area is 150 Å². The van der Waals surface area contributed by atoms with E-state index in [9.17, 15) is 9.18 Å². The Morgan fingerprint density at radius 3 is 2.72 bits per heavy atom. The minimum absolute atomic E-state index is 0.00900. The van der Waals surface area contributed by atoms with Gasteiger partial charge >= 0.3 is 0 Å². The van der Waals surface area contributed by atoms with E-state index in [-0.39, 0.29) is 23.0 Å².